The van der Waals surface area contributed by atoms with E-state index < -0.39 is 5.67 Å². The molecule has 1 aliphatic rings. The summed E-state index contributed by atoms with van der Waals surface area (Å²) in [6.45, 7) is 0.792. The Balaban J connectivity index is 1.37. The van der Waals surface area contributed by atoms with Crippen LogP contribution in [0.4, 0.5) is 10.1 Å². The van der Waals surface area contributed by atoms with Gasteiger partial charge in [-0.05, 0) is 30.3 Å². The van der Waals surface area contributed by atoms with E-state index in [2.05, 4.69) is 31.4 Å². The molecule has 11 heteroatoms. The van der Waals surface area contributed by atoms with Crippen LogP contribution >= 0.6 is 11.6 Å². The minimum absolute atomic E-state index is 0.220. The molecule has 9 nitrogen and oxygen atoms in total. The van der Waals surface area contributed by atoms with Crippen molar-refractivity contribution in [2.24, 2.45) is 7.05 Å². The number of piperidine rings is 1. The zero-order chi connectivity index (χ0) is 25.6. The molecule has 5 heterocycles. The number of halogens is 2. The first-order chi connectivity index (χ1) is 18.0. The highest BCUT2D eigenvalue weighted by atomic mass is 35.5. The Labute approximate surface area is 216 Å². The number of alkyl halides is 1. The van der Waals surface area contributed by atoms with Crippen LogP contribution in [0.2, 0.25) is 5.02 Å². The molecule has 0 N–H and O–H groups in total. The smallest absolute Gasteiger partial charge is 0.173 e. The predicted molar refractivity (Wildman–Crippen MR) is 137 cm³/mol. The molecule has 0 radical (unpaired) electrons. The van der Waals surface area contributed by atoms with Crippen molar-refractivity contribution in [2.45, 2.75) is 18.5 Å². The molecule has 0 aliphatic carbocycles. The van der Waals surface area contributed by atoms with Gasteiger partial charge in [0, 0.05) is 49.8 Å². The minimum atomic E-state index is -1.58. The van der Waals surface area contributed by atoms with Gasteiger partial charge in [0.2, 0.25) is 0 Å². The van der Waals surface area contributed by atoms with E-state index in [1.165, 1.54) is 6.33 Å². The van der Waals surface area contributed by atoms with Crippen LogP contribution in [0.25, 0.3) is 28.0 Å². The molecule has 0 amide bonds. The Morgan fingerprint density at radius 3 is 2.70 bits per heavy atom. The summed E-state index contributed by atoms with van der Waals surface area (Å²) in [7, 11) is 1.74. The number of anilines is 1. The number of nitrogens with zero attached hydrogens (tertiary/aromatic N) is 9. The van der Waals surface area contributed by atoms with Gasteiger partial charge in [-0.3, -0.25) is 4.98 Å². The summed E-state index contributed by atoms with van der Waals surface area (Å²) in [5.74, 6) is 0.322. The molecular formula is C26H21ClFN9. The summed E-state index contributed by atoms with van der Waals surface area (Å²) >= 11 is 6.15. The van der Waals surface area contributed by atoms with Gasteiger partial charge in [0.05, 0.1) is 39.9 Å². The second-order valence-corrected chi connectivity index (χ2v) is 9.48. The van der Waals surface area contributed by atoms with Gasteiger partial charge in [0.15, 0.2) is 11.5 Å². The van der Waals surface area contributed by atoms with Gasteiger partial charge < -0.3 is 9.47 Å². The molecule has 0 bridgehead atoms. The fraction of sp³-hybridized carbons (Fsp3) is 0.231. The summed E-state index contributed by atoms with van der Waals surface area (Å²) < 4.78 is 19.0. The number of aromatic nitrogens is 7. The zero-order valence-electron chi connectivity index (χ0n) is 19.9. The van der Waals surface area contributed by atoms with E-state index in [1.54, 1.807) is 34.7 Å². The molecule has 1 aliphatic heterocycles. The van der Waals surface area contributed by atoms with Crippen LogP contribution in [0.1, 0.15) is 24.2 Å². The van der Waals surface area contributed by atoms with Gasteiger partial charge in [-0.1, -0.05) is 23.7 Å². The first-order valence-corrected chi connectivity index (χ1v) is 12.1. The molecule has 184 valence electrons. The van der Waals surface area contributed by atoms with Crippen LogP contribution in [-0.4, -0.2) is 47.7 Å². The monoisotopic (exact) mass is 513 g/mol. The molecule has 1 saturated heterocycles. The molecule has 1 fully saturated rings. The highest BCUT2D eigenvalue weighted by Gasteiger charge is 2.41. The van der Waals surface area contributed by atoms with E-state index in [9.17, 15) is 5.26 Å². The summed E-state index contributed by atoms with van der Waals surface area (Å²) in [6, 6.07) is 15.2. The molecule has 37 heavy (non-hydrogen) atoms. The Hall–Kier alpha value is -4.36. The van der Waals surface area contributed by atoms with Crippen LogP contribution in [-0.2, 0) is 12.7 Å². The Morgan fingerprint density at radius 1 is 1.14 bits per heavy atom. The fourth-order valence-electron chi connectivity index (χ4n) is 4.92. The molecule has 0 spiro atoms. The van der Waals surface area contributed by atoms with Crippen molar-refractivity contribution in [2.75, 3.05) is 18.0 Å². The van der Waals surface area contributed by atoms with E-state index >= 15 is 4.39 Å². The largest absolute Gasteiger partial charge is 0.368 e. The number of fused-ring (bicyclic) bond motifs is 1. The number of nitriles is 1. The number of rotatable bonds is 4. The van der Waals surface area contributed by atoms with Crippen molar-refractivity contribution in [3.63, 3.8) is 0 Å². The summed E-state index contributed by atoms with van der Waals surface area (Å²) in [5, 5.41) is 27.5. The third kappa shape index (κ3) is 3.97. The third-order valence-corrected chi connectivity index (χ3v) is 7.03. The van der Waals surface area contributed by atoms with Crippen LogP contribution < -0.4 is 4.90 Å². The molecule has 6 rings (SSSR count). The average molecular weight is 514 g/mol. The highest BCUT2D eigenvalue weighted by molar-refractivity contribution is 6.30. The number of aryl methyl sites for hydroxylation is 1. The zero-order valence-corrected chi connectivity index (χ0v) is 20.6. The molecule has 0 atom stereocenters. The predicted octanol–water partition coefficient (Wildman–Crippen LogP) is 4.58. The molecule has 4 aromatic heterocycles. The first kappa shape index (κ1) is 23.1. The van der Waals surface area contributed by atoms with Crippen molar-refractivity contribution in [1.29, 1.82) is 5.26 Å². The number of hydrogen-bond donors (Lipinski definition) is 0. The maximum absolute atomic E-state index is 15.8. The quantitative estimate of drug-likeness (QED) is 0.347. The topological polar surface area (TPSA) is 101 Å². The highest BCUT2D eigenvalue weighted by Crippen LogP contribution is 2.41. The lowest BCUT2D eigenvalue weighted by molar-refractivity contribution is 0.109. The SMILES string of the molecule is Cn1cnnc1C1(F)CCN(c2c(C#N)ccnc2-c2cnn3nc(-c4cccc(Cl)c4)ccc23)CC1. The second kappa shape index (κ2) is 8.94. The van der Waals surface area contributed by atoms with Gasteiger partial charge in [0.1, 0.15) is 12.4 Å². The standard InChI is InChI=1S/C26H21ClFN9/c1-35-16-31-33-25(35)26(28)8-11-36(12-9-26)24-18(14-29)7-10-30-23(24)20-15-32-37-22(20)6-5-21(34-37)17-3-2-4-19(27)13-17/h2-7,10,13,15-16H,8-9,11-12H2,1H3. The van der Waals surface area contributed by atoms with E-state index in [0.29, 0.717) is 40.9 Å². The molecule has 0 unspecified atom stereocenters. The second-order valence-electron chi connectivity index (χ2n) is 9.05. The van der Waals surface area contributed by atoms with Gasteiger partial charge in [-0.2, -0.15) is 15.0 Å². The number of benzene rings is 1. The fourth-order valence-corrected chi connectivity index (χ4v) is 5.11. The van der Waals surface area contributed by atoms with Crippen LogP contribution in [0.15, 0.2) is 61.2 Å². The first-order valence-electron chi connectivity index (χ1n) is 11.8. The van der Waals surface area contributed by atoms with Crippen molar-refractivity contribution in [3.8, 4) is 28.6 Å². The average Bonchev–Trinajstić information content (AvgIpc) is 3.55. The van der Waals surface area contributed by atoms with Gasteiger partial charge in [0.25, 0.3) is 0 Å². The van der Waals surface area contributed by atoms with Gasteiger partial charge in [-0.15, -0.1) is 15.3 Å². The third-order valence-electron chi connectivity index (χ3n) is 6.79. The lowest BCUT2D eigenvalue weighted by atomic mass is 9.91. The Kier molecular flexibility index (Phi) is 5.57. The Bertz CT molecular complexity index is 1660. The summed E-state index contributed by atoms with van der Waals surface area (Å²) in [6.07, 6.45) is 5.25. The lowest BCUT2D eigenvalue weighted by Gasteiger charge is -2.37. The van der Waals surface area contributed by atoms with E-state index in [-0.39, 0.29) is 12.8 Å². The van der Waals surface area contributed by atoms with Crippen LogP contribution in [0, 0.1) is 11.3 Å². The minimum Gasteiger partial charge on any atom is -0.368 e. The lowest BCUT2D eigenvalue weighted by Crippen LogP contribution is -2.42. The van der Waals surface area contributed by atoms with Gasteiger partial charge in [-0.25, -0.2) is 4.39 Å². The molecular weight excluding hydrogens is 493 g/mol. The normalized spacial score (nSPS) is 15.1. The summed E-state index contributed by atoms with van der Waals surface area (Å²) in [4.78, 5) is 6.66. The van der Waals surface area contributed by atoms with Crippen molar-refractivity contribution in [3.05, 3.63) is 77.6 Å². The van der Waals surface area contributed by atoms with E-state index in [4.69, 9.17) is 11.6 Å². The van der Waals surface area contributed by atoms with Gasteiger partial charge >= 0.3 is 0 Å². The molecule has 1 aromatic carbocycles. The Morgan fingerprint density at radius 2 is 1.97 bits per heavy atom. The van der Waals surface area contributed by atoms with Crippen molar-refractivity contribution < 1.29 is 4.39 Å². The van der Waals surface area contributed by atoms with Crippen molar-refractivity contribution >= 4 is 22.8 Å². The molecule has 5 aromatic rings. The van der Waals surface area contributed by atoms with E-state index in [1.807, 2.05) is 41.3 Å². The number of pyridine rings is 1. The van der Waals surface area contributed by atoms with Crippen LogP contribution in [0.3, 0.4) is 0 Å². The summed E-state index contributed by atoms with van der Waals surface area (Å²) in [5.41, 5.74) is 3.24. The van der Waals surface area contributed by atoms with E-state index in [0.717, 1.165) is 22.3 Å². The maximum atomic E-state index is 15.8. The maximum Gasteiger partial charge on any atom is 0.173 e. The van der Waals surface area contributed by atoms with Crippen LogP contribution in [0.5, 0.6) is 0 Å². The number of hydrogen-bond acceptors (Lipinski definition) is 7. The molecule has 0 saturated carbocycles. The van der Waals surface area contributed by atoms with Crippen molar-refractivity contribution in [1.82, 2.24) is 34.6 Å².